The summed E-state index contributed by atoms with van der Waals surface area (Å²) in [6.45, 7) is 3.96. The van der Waals surface area contributed by atoms with Gasteiger partial charge in [0.25, 0.3) is 5.91 Å². The molecule has 0 unspecified atom stereocenters. The molecule has 0 aliphatic carbocycles. The van der Waals surface area contributed by atoms with Crippen molar-refractivity contribution < 1.29 is 14.1 Å². The summed E-state index contributed by atoms with van der Waals surface area (Å²) in [7, 11) is 0. The first kappa shape index (κ1) is 19.7. The number of halogens is 1. The molecule has 0 spiro atoms. The van der Waals surface area contributed by atoms with Crippen molar-refractivity contribution in [1.82, 2.24) is 14.9 Å². The van der Waals surface area contributed by atoms with Gasteiger partial charge in [-0.05, 0) is 50.2 Å². The Kier molecular flexibility index (Phi) is 5.54. The molecule has 1 N–H and O–H groups in total. The molecule has 30 heavy (non-hydrogen) atoms. The zero-order valence-electron chi connectivity index (χ0n) is 16.4. The topological polar surface area (TPSA) is 82.2 Å². The van der Waals surface area contributed by atoms with Gasteiger partial charge in [-0.2, -0.15) is 5.10 Å². The molecule has 4 rings (SSSR count). The first-order valence-electron chi connectivity index (χ1n) is 9.27. The van der Waals surface area contributed by atoms with Crippen LogP contribution in [-0.4, -0.2) is 20.8 Å². The van der Waals surface area contributed by atoms with Crippen LogP contribution < -0.4 is 10.1 Å². The quantitative estimate of drug-likeness (QED) is 0.474. The van der Waals surface area contributed by atoms with Crippen LogP contribution in [0.25, 0.3) is 5.69 Å². The largest absolute Gasteiger partial charge is 0.488 e. The predicted octanol–water partition coefficient (Wildman–Crippen LogP) is 4.96. The van der Waals surface area contributed by atoms with Gasteiger partial charge in [0.05, 0.1) is 33.7 Å². The Morgan fingerprint density at radius 1 is 1.17 bits per heavy atom. The maximum atomic E-state index is 12.8. The predicted molar refractivity (Wildman–Crippen MR) is 113 cm³/mol. The SMILES string of the molecule is Cc1noc(C)c1COc1ccccc1C(=O)Nc1ccc(-n2cc(Cl)cn2)cc1. The maximum Gasteiger partial charge on any atom is 0.259 e. The van der Waals surface area contributed by atoms with Crippen LogP contribution in [-0.2, 0) is 6.61 Å². The lowest BCUT2D eigenvalue weighted by Crippen LogP contribution is -2.14. The lowest BCUT2D eigenvalue weighted by atomic mass is 10.1. The van der Waals surface area contributed by atoms with Crippen LogP contribution in [0.1, 0.15) is 27.4 Å². The van der Waals surface area contributed by atoms with Crippen LogP contribution in [0.5, 0.6) is 5.75 Å². The Morgan fingerprint density at radius 3 is 2.60 bits per heavy atom. The number of nitrogens with one attached hydrogen (secondary N) is 1. The van der Waals surface area contributed by atoms with E-state index in [2.05, 4.69) is 15.6 Å². The molecule has 4 aromatic rings. The fraction of sp³-hybridized carbons (Fsp3) is 0.136. The Morgan fingerprint density at radius 2 is 1.93 bits per heavy atom. The standard InChI is InChI=1S/C22H19ClN4O3/c1-14-20(15(2)30-26-14)13-29-21-6-4-3-5-19(21)22(28)25-17-7-9-18(10-8-17)27-12-16(23)11-24-27/h3-12H,13H2,1-2H3,(H,25,28). The lowest BCUT2D eigenvalue weighted by Gasteiger charge is -2.12. The second kappa shape index (κ2) is 8.42. The van der Waals surface area contributed by atoms with Crippen LogP contribution >= 0.6 is 11.6 Å². The Balaban J connectivity index is 1.47. The minimum atomic E-state index is -0.265. The number of carbonyl (C=O) groups is 1. The van der Waals surface area contributed by atoms with E-state index in [1.54, 1.807) is 47.4 Å². The summed E-state index contributed by atoms with van der Waals surface area (Å²) >= 11 is 5.91. The molecule has 8 heteroatoms. The molecule has 152 valence electrons. The fourth-order valence-electron chi connectivity index (χ4n) is 2.98. The van der Waals surface area contributed by atoms with Gasteiger partial charge in [-0.1, -0.05) is 28.9 Å². The third kappa shape index (κ3) is 4.21. The summed E-state index contributed by atoms with van der Waals surface area (Å²) in [6.07, 6.45) is 3.28. The van der Waals surface area contributed by atoms with Gasteiger partial charge in [0.1, 0.15) is 18.1 Å². The van der Waals surface area contributed by atoms with Crippen molar-refractivity contribution in [3.05, 3.63) is 88.5 Å². The van der Waals surface area contributed by atoms with E-state index in [1.807, 2.05) is 32.0 Å². The zero-order valence-corrected chi connectivity index (χ0v) is 17.2. The highest BCUT2D eigenvalue weighted by atomic mass is 35.5. The number of para-hydroxylation sites is 1. The van der Waals surface area contributed by atoms with Crippen LogP contribution in [0.4, 0.5) is 5.69 Å². The molecule has 0 fully saturated rings. The Hall–Kier alpha value is -3.58. The fourth-order valence-corrected chi connectivity index (χ4v) is 3.11. The number of aryl methyl sites for hydroxylation is 2. The first-order valence-corrected chi connectivity index (χ1v) is 9.64. The molecule has 0 atom stereocenters. The van der Waals surface area contributed by atoms with E-state index in [4.69, 9.17) is 20.9 Å². The summed E-state index contributed by atoms with van der Waals surface area (Å²) in [5.41, 5.74) is 3.57. The van der Waals surface area contributed by atoms with E-state index in [-0.39, 0.29) is 12.5 Å². The molecule has 2 aromatic heterocycles. The molecule has 0 saturated carbocycles. The lowest BCUT2D eigenvalue weighted by molar-refractivity contribution is 0.102. The average Bonchev–Trinajstić information content (AvgIpc) is 3.32. The number of carbonyl (C=O) groups excluding carboxylic acids is 1. The monoisotopic (exact) mass is 422 g/mol. The molecular formula is C22H19ClN4O3. The number of amides is 1. The molecule has 0 saturated heterocycles. The van der Waals surface area contributed by atoms with Crippen molar-refractivity contribution in [1.29, 1.82) is 0 Å². The number of rotatable bonds is 6. The van der Waals surface area contributed by atoms with E-state index in [9.17, 15) is 4.79 Å². The highest BCUT2D eigenvalue weighted by molar-refractivity contribution is 6.30. The van der Waals surface area contributed by atoms with Crippen molar-refractivity contribution in [2.45, 2.75) is 20.5 Å². The summed E-state index contributed by atoms with van der Waals surface area (Å²) in [6, 6.07) is 14.4. The van der Waals surface area contributed by atoms with Gasteiger partial charge < -0.3 is 14.6 Å². The van der Waals surface area contributed by atoms with Crippen LogP contribution in [0.2, 0.25) is 5.02 Å². The summed E-state index contributed by atoms with van der Waals surface area (Å²) in [5, 5.41) is 11.5. The number of ether oxygens (including phenoxy) is 1. The smallest absolute Gasteiger partial charge is 0.259 e. The number of hydrogen-bond donors (Lipinski definition) is 1. The Labute approximate surface area is 178 Å². The van der Waals surface area contributed by atoms with E-state index in [1.165, 1.54) is 0 Å². The van der Waals surface area contributed by atoms with Gasteiger partial charge in [-0.15, -0.1) is 0 Å². The molecule has 2 aromatic carbocycles. The number of anilines is 1. The van der Waals surface area contributed by atoms with Gasteiger partial charge in [0, 0.05) is 11.9 Å². The van der Waals surface area contributed by atoms with E-state index < -0.39 is 0 Å². The number of aromatic nitrogens is 3. The van der Waals surface area contributed by atoms with Crippen molar-refractivity contribution in [3.63, 3.8) is 0 Å². The number of nitrogens with zero attached hydrogens (tertiary/aromatic N) is 3. The number of hydrogen-bond acceptors (Lipinski definition) is 5. The molecular weight excluding hydrogens is 404 g/mol. The summed E-state index contributed by atoms with van der Waals surface area (Å²) in [4.78, 5) is 12.8. The van der Waals surface area contributed by atoms with Gasteiger partial charge in [-0.3, -0.25) is 4.79 Å². The van der Waals surface area contributed by atoms with Crippen molar-refractivity contribution >= 4 is 23.2 Å². The van der Waals surface area contributed by atoms with Gasteiger partial charge in [0.15, 0.2) is 0 Å². The highest BCUT2D eigenvalue weighted by Crippen LogP contribution is 2.23. The molecule has 7 nitrogen and oxygen atoms in total. The molecule has 2 heterocycles. The second-order valence-corrected chi connectivity index (χ2v) is 7.13. The third-order valence-electron chi connectivity index (χ3n) is 4.63. The molecule has 0 aliphatic heterocycles. The maximum absolute atomic E-state index is 12.8. The average molecular weight is 423 g/mol. The van der Waals surface area contributed by atoms with E-state index in [0.29, 0.717) is 27.8 Å². The van der Waals surface area contributed by atoms with Crippen LogP contribution in [0.15, 0.2) is 65.4 Å². The first-order chi connectivity index (χ1) is 14.5. The highest BCUT2D eigenvalue weighted by Gasteiger charge is 2.15. The summed E-state index contributed by atoms with van der Waals surface area (Å²) < 4.78 is 12.7. The van der Waals surface area contributed by atoms with Gasteiger partial charge in [-0.25, -0.2) is 4.68 Å². The molecule has 1 amide bonds. The third-order valence-corrected chi connectivity index (χ3v) is 4.82. The molecule has 0 bridgehead atoms. The van der Waals surface area contributed by atoms with Crippen LogP contribution in [0.3, 0.4) is 0 Å². The van der Waals surface area contributed by atoms with E-state index >= 15 is 0 Å². The van der Waals surface area contributed by atoms with Crippen LogP contribution in [0, 0.1) is 13.8 Å². The normalized spacial score (nSPS) is 10.8. The minimum absolute atomic E-state index is 0.265. The van der Waals surface area contributed by atoms with Gasteiger partial charge in [0.2, 0.25) is 0 Å². The summed E-state index contributed by atoms with van der Waals surface area (Å²) in [5.74, 6) is 0.921. The van der Waals surface area contributed by atoms with Crippen molar-refractivity contribution in [2.75, 3.05) is 5.32 Å². The molecule has 0 aliphatic rings. The van der Waals surface area contributed by atoms with Crippen molar-refractivity contribution in [2.24, 2.45) is 0 Å². The van der Waals surface area contributed by atoms with E-state index in [0.717, 1.165) is 16.9 Å². The number of benzene rings is 2. The van der Waals surface area contributed by atoms with Crippen molar-refractivity contribution in [3.8, 4) is 11.4 Å². The zero-order chi connectivity index (χ0) is 21.1. The van der Waals surface area contributed by atoms with Gasteiger partial charge >= 0.3 is 0 Å². The second-order valence-electron chi connectivity index (χ2n) is 6.69. The Bertz CT molecular complexity index is 1160. The molecule has 0 radical (unpaired) electrons. The minimum Gasteiger partial charge on any atom is -0.488 e.